The quantitative estimate of drug-likeness (QED) is 0.249. The first-order chi connectivity index (χ1) is 13.7. The van der Waals surface area contributed by atoms with E-state index in [0.29, 0.717) is 6.42 Å². The first kappa shape index (κ1) is 23.2. The number of aryl methyl sites for hydroxylation is 1. The number of rotatable bonds is 8. The Hall–Kier alpha value is -2.09. The lowest BCUT2D eigenvalue weighted by Crippen LogP contribution is -2.37. The topological polar surface area (TPSA) is 56.7 Å². The molecule has 1 fully saturated rings. The monoisotopic (exact) mass is 506 g/mol. The zero-order chi connectivity index (χ0) is 19.6. The van der Waals surface area contributed by atoms with E-state index in [1.807, 2.05) is 11.0 Å². The summed E-state index contributed by atoms with van der Waals surface area (Å²) in [5, 5.41) is 6.73. The first-order valence-corrected chi connectivity index (χ1v) is 10.1. The molecular formula is C23H31IN4O. The number of aliphatic imine (C=N–C) groups is 1. The number of carbonyl (C=O) groups is 1. The van der Waals surface area contributed by atoms with Gasteiger partial charge in [0.1, 0.15) is 0 Å². The average molecular weight is 506 g/mol. The lowest BCUT2D eigenvalue weighted by atomic mass is 10.1. The third-order valence-corrected chi connectivity index (χ3v) is 5.03. The Morgan fingerprint density at radius 2 is 1.72 bits per heavy atom. The number of nitrogens with zero attached hydrogens (tertiary/aromatic N) is 2. The molecule has 0 atom stereocenters. The van der Waals surface area contributed by atoms with Gasteiger partial charge in [-0.05, 0) is 36.0 Å². The smallest absolute Gasteiger partial charge is 0.222 e. The fourth-order valence-electron chi connectivity index (χ4n) is 3.40. The third kappa shape index (κ3) is 7.68. The van der Waals surface area contributed by atoms with Gasteiger partial charge in [-0.25, -0.2) is 0 Å². The van der Waals surface area contributed by atoms with Crippen LogP contribution in [0.3, 0.4) is 0 Å². The lowest BCUT2D eigenvalue weighted by Gasteiger charge is -2.16. The summed E-state index contributed by atoms with van der Waals surface area (Å²) in [6, 6.07) is 19.0. The number of amides is 1. The second-order valence-corrected chi connectivity index (χ2v) is 7.18. The Balaban J connectivity index is 0.00000300. The fraction of sp³-hybridized carbons (Fsp3) is 0.391. The predicted molar refractivity (Wildman–Crippen MR) is 129 cm³/mol. The summed E-state index contributed by atoms with van der Waals surface area (Å²) in [6.07, 6.45) is 3.80. The van der Waals surface area contributed by atoms with Gasteiger partial charge < -0.3 is 15.5 Å². The van der Waals surface area contributed by atoms with Crippen LogP contribution in [0.1, 0.15) is 36.0 Å². The maximum Gasteiger partial charge on any atom is 0.222 e. The van der Waals surface area contributed by atoms with E-state index in [4.69, 9.17) is 0 Å². The van der Waals surface area contributed by atoms with Crippen molar-refractivity contribution in [2.75, 3.05) is 20.1 Å². The van der Waals surface area contributed by atoms with Crippen molar-refractivity contribution >= 4 is 35.8 Å². The lowest BCUT2D eigenvalue weighted by molar-refractivity contribution is -0.128. The molecule has 2 N–H and O–H groups in total. The summed E-state index contributed by atoms with van der Waals surface area (Å²) in [6.45, 7) is 3.21. The zero-order valence-corrected chi connectivity index (χ0v) is 19.4. The molecule has 0 aliphatic carbocycles. The molecular weight excluding hydrogens is 475 g/mol. The molecule has 0 saturated carbocycles. The molecule has 1 aliphatic heterocycles. The van der Waals surface area contributed by atoms with Crippen LogP contribution in [0.2, 0.25) is 0 Å². The second-order valence-electron chi connectivity index (χ2n) is 7.18. The van der Waals surface area contributed by atoms with Gasteiger partial charge in [-0.1, -0.05) is 54.6 Å². The molecule has 1 aliphatic rings. The standard InChI is InChI=1S/C23H30N4O.HI/c1-24-23(25-15-5-9-19-7-3-2-4-8-19)26-17-20-11-13-21(14-12-20)18-27-16-6-10-22(27)28;/h2-4,7-8,11-14H,5-6,9-10,15-18H2,1H3,(H2,24,25,26);1H. The predicted octanol–water partition coefficient (Wildman–Crippen LogP) is 3.72. The summed E-state index contributed by atoms with van der Waals surface area (Å²) < 4.78 is 0. The highest BCUT2D eigenvalue weighted by Crippen LogP contribution is 2.14. The van der Waals surface area contributed by atoms with Gasteiger partial charge in [-0.2, -0.15) is 0 Å². The van der Waals surface area contributed by atoms with E-state index in [9.17, 15) is 4.79 Å². The molecule has 2 aromatic carbocycles. The van der Waals surface area contributed by atoms with Crippen molar-refractivity contribution < 1.29 is 4.79 Å². The minimum absolute atomic E-state index is 0. The normalized spacial score (nSPS) is 13.9. The van der Waals surface area contributed by atoms with Gasteiger partial charge in [0.15, 0.2) is 5.96 Å². The summed E-state index contributed by atoms with van der Waals surface area (Å²) in [7, 11) is 1.79. The number of carbonyl (C=O) groups excluding carboxylic acids is 1. The van der Waals surface area contributed by atoms with Crippen molar-refractivity contribution in [2.24, 2.45) is 4.99 Å². The molecule has 0 unspecified atom stereocenters. The van der Waals surface area contributed by atoms with Crippen molar-refractivity contribution in [3.05, 3.63) is 71.3 Å². The molecule has 0 spiro atoms. The molecule has 0 aromatic heterocycles. The van der Waals surface area contributed by atoms with Crippen LogP contribution in [0.5, 0.6) is 0 Å². The van der Waals surface area contributed by atoms with Gasteiger partial charge in [0.25, 0.3) is 0 Å². The number of likely N-dealkylation sites (tertiary alicyclic amines) is 1. The SMILES string of the molecule is CN=C(NCCCc1ccccc1)NCc1ccc(CN2CCCC2=O)cc1.I. The van der Waals surface area contributed by atoms with Crippen LogP contribution in [0.25, 0.3) is 0 Å². The molecule has 0 bridgehead atoms. The molecule has 5 nitrogen and oxygen atoms in total. The summed E-state index contributed by atoms with van der Waals surface area (Å²) >= 11 is 0. The Morgan fingerprint density at radius 3 is 2.38 bits per heavy atom. The minimum Gasteiger partial charge on any atom is -0.356 e. The molecule has 1 saturated heterocycles. The van der Waals surface area contributed by atoms with Gasteiger partial charge in [0, 0.05) is 39.6 Å². The minimum atomic E-state index is 0. The van der Waals surface area contributed by atoms with Crippen LogP contribution in [0, 0.1) is 0 Å². The number of hydrogen-bond donors (Lipinski definition) is 2. The van der Waals surface area contributed by atoms with Gasteiger partial charge in [0.2, 0.25) is 5.91 Å². The number of hydrogen-bond acceptors (Lipinski definition) is 2. The fourth-order valence-corrected chi connectivity index (χ4v) is 3.40. The van der Waals surface area contributed by atoms with Crippen LogP contribution in [-0.4, -0.2) is 36.9 Å². The van der Waals surface area contributed by atoms with E-state index >= 15 is 0 Å². The van der Waals surface area contributed by atoms with Gasteiger partial charge in [-0.3, -0.25) is 9.79 Å². The van der Waals surface area contributed by atoms with Gasteiger partial charge >= 0.3 is 0 Å². The Bertz CT molecular complexity index is 777. The molecule has 156 valence electrons. The number of guanidine groups is 1. The molecule has 0 radical (unpaired) electrons. The highest BCUT2D eigenvalue weighted by atomic mass is 127. The van der Waals surface area contributed by atoms with Crippen molar-refractivity contribution in [3.63, 3.8) is 0 Å². The number of nitrogens with one attached hydrogen (secondary N) is 2. The molecule has 1 heterocycles. The van der Waals surface area contributed by atoms with E-state index in [2.05, 4.69) is 64.2 Å². The number of halogens is 1. The van der Waals surface area contributed by atoms with Crippen molar-refractivity contribution in [1.29, 1.82) is 0 Å². The van der Waals surface area contributed by atoms with Crippen LogP contribution >= 0.6 is 24.0 Å². The Morgan fingerprint density at radius 1 is 1.00 bits per heavy atom. The molecule has 3 rings (SSSR count). The van der Waals surface area contributed by atoms with E-state index in [1.54, 1.807) is 7.05 Å². The van der Waals surface area contributed by atoms with E-state index in [-0.39, 0.29) is 29.9 Å². The van der Waals surface area contributed by atoms with E-state index in [1.165, 1.54) is 16.7 Å². The van der Waals surface area contributed by atoms with E-state index < -0.39 is 0 Å². The molecule has 2 aromatic rings. The van der Waals surface area contributed by atoms with Crippen molar-refractivity contribution in [2.45, 2.75) is 38.8 Å². The van der Waals surface area contributed by atoms with Crippen molar-refractivity contribution in [3.8, 4) is 0 Å². The maximum atomic E-state index is 11.7. The zero-order valence-electron chi connectivity index (χ0n) is 17.1. The van der Waals surface area contributed by atoms with E-state index in [0.717, 1.165) is 51.4 Å². The van der Waals surface area contributed by atoms with Crippen LogP contribution in [-0.2, 0) is 24.3 Å². The molecule has 1 amide bonds. The average Bonchev–Trinajstić information content (AvgIpc) is 3.14. The summed E-state index contributed by atoms with van der Waals surface area (Å²) in [4.78, 5) is 18.0. The third-order valence-electron chi connectivity index (χ3n) is 5.03. The highest BCUT2D eigenvalue weighted by Gasteiger charge is 2.19. The molecule has 6 heteroatoms. The van der Waals surface area contributed by atoms with Gasteiger partial charge in [0.05, 0.1) is 0 Å². The second kappa shape index (κ2) is 12.5. The van der Waals surface area contributed by atoms with Crippen molar-refractivity contribution in [1.82, 2.24) is 15.5 Å². The largest absolute Gasteiger partial charge is 0.356 e. The highest BCUT2D eigenvalue weighted by molar-refractivity contribution is 14.0. The van der Waals surface area contributed by atoms with Crippen LogP contribution < -0.4 is 10.6 Å². The van der Waals surface area contributed by atoms with Crippen LogP contribution in [0.15, 0.2) is 59.6 Å². The number of benzene rings is 2. The first-order valence-electron chi connectivity index (χ1n) is 10.1. The summed E-state index contributed by atoms with van der Waals surface area (Å²) in [5.74, 6) is 1.09. The van der Waals surface area contributed by atoms with Crippen LogP contribution in [0.4, 0.5) is 0 Å². The maximum absolute atomic E-state index is 11.7. The van der Waals surface area contributed by atoms with Gasteiger partial charge in [-0.15, -0.1) is 24.0 Å². The summed E-state index contributed by atoms with van der Waals surface area (Å²) in [5.41, 5.74) is 3.74. The Kier molecular flexibility index (Phi) is 9.97. The molecule has 29 heavy (non-hydrogen) atoms. The Labute approximate surface area is 191 Å².